The minimum Gasteiger partial charge on any atom is -0.332 e. The topological polar surface area (TPSA) is 87.3 Å². The Morgan fingerprint density at radius 2 is 1.63 bits per heavy atom. The summed E-state index contributed by atoms with van der Waals surface area (Å²) in [6.07, 6.45) is 5.06. The Morgan fingerprint density at radius 3 is 2.27 bits per heavy atom. The molecule has 1 aliphatic carbocycles. The molecule has 30 heavy (non-hydrogen) atoms. The quantitative estimate of drug-likeness (QED) is 0.570. The van der Waals surface area contributed by atoms with Gasteiger partial charge in [0.2, 0.25) is 5.91 Å². The van der Waals surface area contributed by atoms with Crippen LogP contribution in [0.25, 0.3) is 0 Å². The van der Waals surface area contributed by atoms with Crippen LogP contribution in [-0.2, 0) is 14.8 Å². The average molecular weight is 446 g/mol. The molecule has 0 heterocycles. The van der Waals surface area contributed by atoms with E-state index in [9.17, 15) is 13.2 Å². The van der Waals surface area contributed by atoms with Crippen LogP contribution in [-0.4, -0.2) is 19.4 Å². The molecule has 1 aliphatic rings. The predicted molar refractivity (Wildman–Crippen MR) is 124 cm³/mol. The van der Waals surface area contributed by atoms with Crippen LogP contribution >= 0.6 is 12.2 Å². The second-order valence-electron chi connectivity index (χ2n) is 7.79. The number of thiocarbonyl (C=S) groups is 1. The molecule has 0 atom stereocenters. The summed E-state index contributed by atoms with van der Waals surface area (Å²) in [5.41, 5.74) is 3.23. The minimum atomic E-state index is -3.70. The fraction of sp³-hybridized carbons (Fsp3) is 0.364. The maximum atomic E-state index is 12.6. The highest BCUT2D eigenvalue weighted by Crippen LogP contribution is 2.27. The van der Waals surface area contributed by atoms with E-state index in [0.29, 0.717) is 23.7 Å². The molecule has 8 heteroatoms. The van der Waals surface area contributed by atoms with Crippen LogP contribution in [0.2, 0.25) is 0 Å². The number of carbonyl (C=O) groups excluding carboxylic acids is 1. The molecule has 2 aromatic carbocycles. The monoisotopic (exact) mass is 445 g/mol. The average Bonchev–Trinajstić information content (AvgIpc) is 3.17. The van der Waals surface area contributed by atoms with Gasteiger partial charge in [-0.25, -0.2) is 8.42 Å². The zero-order valence-electron chi connectivity index (χ0n) is 17.2. The normalized spacial score (nSPS) is 14.3. The number of amides is 1. The van der Waals surface area contributed by atoms with Gasteiger partial charge in [0.25, 0.3) is 10.0 Å². The van der Waals surface area contributed by atoms with Gasteiger partial charge in [-0.15, -0.1) is 0 Å². The van der Waals surface area contributed by atoms with E-state index in [1.54, 1.807) is 24.3 Å². The molecule has 3 rings (SSSR count). The maximum absolute atomic E-state index is 12.6. The molecule has 2 aromatic rings. The van der Waals surface area contributed by atoms with Crippen LogP contribution in [0.1, 0.15) is 43.2 Å². The van der Waals surface area contributed by atoms with Crippen molar-refractivity contribution in [1.29, 1.82) is 0 Å². The number of rotatable bonds is 6. The number of anilines is 2. The van der Waals surface area contributed by atoms with Gasteiger partial charge >= 0.3 is 0 Å². The van der Waals surface area contributed by atoms with Crippen LogP contribution in [0.5, 0.6) is 0 Å². The van der Waals surface area contributed by atoms with Crippen LogP contribution in [0.3, 0.4) is 0 Å². The first-order valence-electron chi connectivity index (χ1n) is 10.0. The Balaban J connectivity index is 1.57. The van der Waals surface area contributed by atoms with Crippen molar-refractivity contribution >= 4 is 44.6 Å². The largest absolute Gasteiger partial charge is 0.332 e. The highest BCUT2D eigenvalue weighted by molar-refractivity contribution is 7.92. The third-order valence-corrected chi connectivity index (χ3v) is 6.98. The van der Waals surface area contributed by atoms with Gasteiger partial charge in [0, 0.05) is 17.8 Å². The number of nitrogens with one attached hydrogen (secondary N) is 3. The van der Waals surface area contributed by atoms with Gasteiger partial charge in [-0.1, -0.05) is 18.9 Å². The zero-order chi connectivity index (χ0) is 21.7. The van der Waals surface area contributed by atoms with Gasteiger partial charge in [-0.05, 0) is 92.4 Å². The van der Waals surface area contributed by atoms with Crippen molar-refractivity contribution in [3.05, 3.63) is 53.6 Å². The van der Waals surface area contributed by atoms with Gasteiger partial charge < -0.3 is 10.6 Å². The van der Waals surface area contributed by atoms with E-state index in [1.165, 1.54) is 25.0 Å². The summed E-state index contributed by atoms with van der Waals surface area (Å²) in [5.74, 6) is 0.360. The smallest absolute Gasteiger partial charge is 0.261 e. The van der Waals surface area contributed by atoms with E-state index in [-0.39, 0.29) is 15.9 Å². The molecule has 0 aromatic heterocycles. The molecule has 0 aliphatic heterocycles. The Kier molecular flexibility index (Phi) is 7.10. The molecule has 0 spiro atoms. The standard InChI is InChI=1S/C22H27N3O3S2/c1-15-7-8-19(13-16(15)2)25-30(27,28)20-11-9-18(10-12-20)23-22(29)24-21(26)14-17-5-3-4-6-17/h7-13,17,25H,3-6,14H2,1-2H3,(H2,23,24,26,29). The highest BCUT2D eigenvalue weighted by atomic mass is 32.2. The van der Waals surface area contributed by atoms with E-state index in [0.717, 1.165) is 24.0 Å². The molecule has 0 bridgehead atoms. The maximum Gasteiger partial charge on any atom is 0.261 e. The fourth-order valence-electron chi connectivity index (χ4n) is 3.55. The molecule has 160 valence electrons. The molecule has 0 unspecified atom stereocenters. The van der Waals surface area contributed by atoms with Crippen LogP contribution < -0.4 is 15.4 Å². The fourth-order valence-corrected chi connectivity index (χ4v) is 4.83. The molecule has 3 N–H and O–H groups in total. The lowest BCUT2D eigenvalue weighted by Crippen LogP contribution is -2.34. The third-order valence-electron chi connectivity index (χ3n) is 5.38. The van der Waals surface area contributed by atoms with Crippen LogP contribution in [0.4, 0.5) is 11.4 Å². The summed E-state index contributed by atoms with van der Waals surface area (Å²) in [6, 6.07) is 11.6. The number of hydrogen-bond donors (Lipinski definition) is 3. The molecule has 0 radical (unpaired) electrons. The molecular formula is C22H27N3O3S2. The van der Waals surface area contributed by atoms with Crippen molar-refractivity contribution in [2.45, 2.75) is 50.8 Å². The molecular weight excluding hydrogens is 418 g/mol. The van der Waals surface area contributed by atoms with Crippen molar-refractivity contribution in [2.24, 2.45) is 5.92 Å². The van der Waals surface area contributed by atoms with Gasteiger partial charge in [0.05, 0.1) is 4.90 Å². The second kappa shape index (κ2) is 9.57. The summed E-state index contributed by atoms with van der Waals surface area (Å²) in [6.45, 7) is 3.91. The molecule has 1 saturated carbocycles. The van der Waals surface area contributed by atoms with Gasteiger partial charge in [-0.2, -0.15) is 0 Å². The number of aryl methyl sites for hydroxylation is 2. The Bertz CT molecular complexity index is 1030. The zero-order valence-corrected chi connectivity index (χ0v) is 18.8. The third kappa shape index (κ3) is 6.03. The van der Waals surface area contributed by atoms with Crippen molar-refractivity contribution in [2.75, 3.05) is 10.0 Å². The Morgan fingerprint density at radius 1 is 1.00 bits per heavy atom. The van der Waals surface area contributed by atoms with Crippen LogP contribution in [0, 0.1) is 19.8 Å². The Hall–Kier alpha value is -2.45. The van der Waals surface area contributed by atoms with E-state index in [2.05, 4.69) is 15.4 Å². The molecule has 6 nitrogen and oxygen atoms in total. The first-order chi connectivity index (χ1) is 14.2. The van der Waals surface area contributed by atoms with Crippen molar-refractivity contribution in [3.8, 4) is 0 Å². The lowest BCUT2D eigenvalue weighted by molar-refractivity contribution is -0.120. The van der Waals surface area contributed by atoms with E-state index in [4.69, 9.17) is 12.2 Å². The van der Waals surface area contributed by atoms with Gasteiger partial charge in [0.1, 0.15) is 0 Å². The number of hydrogen-bond acceptors (Lipinski definition) is 4. The van der Waals surface area contributed by atoms with Gasteiger partial charge in [0.15, 0.2) is 5.11 Å². The number of carbonyl (C=O) groups is 1. The van der Waals surface area contributed by atoms with Crippen molar-refractivity contribution < 1.29 is 13.2 Å². The summed E-state index contributed by atoms with van der Waals surface area (Å²) >= 11 is 5.20. The van der Waals surface area contributed by atoms with Crippen LogP contribution in [0.15, 0.2) is 47.4 Å². The van der Waals surface area contributed by atoms with Gasteiger partial charge in [-0.3, -0.25) is 9.52 Å². The summed E-state index contributed by atoms with van der Waals surface area (Å²) in [5, 5.41) is 5.83. The first-order valence-corrected chi connectivity index (χ1v) is 11.9. The first kappa shape index (κ1) is 22.2. The lowest BCUT2D eigenvalue weighted by atomic mass is 10.0. The SMILES string of the molecule is Cc1ccc(NS(=O)(=O)c2ccc(NC(=S)NC(=O)CC3CCCC3)cc2)cc1C. The second-order valence-corrected chi connectivity index (χ2v) is 9.88. The highest BCUT2D eigenvalue weighted by Gasteiger charge is 2.19. The minimum absolute atomic E-state index is 0.0869. The molecule has 1 amide bonds. The Labute approximate surface area is 183 Å². The summed E-state index contributed by atoms with van der Waals surface area (Å²) in [7, 11) is -3.70. The molecule has 1 fully saturated rings. The summed E-state index contributed by atoms with van der Waals surface area (Å²) in [4.78, 5) is 12.2. The number of sulfonamides is 1. The van der Waals surface area contributed by atoms with E-state index in [1.807, 2.05) is 19.9 Å². The lowest BCUT2D eigenvalue weighted by Gasteiger charge is -2.13. The molecule has 0 saturated heterocycles. The van der Waals surface area contributed by atoms with Crippen molar-refractivity contribution in [3.63, 3.8) is 0 Å². The van der Waals surface area contributed by atoms with E-state index >= 15 is 0 Å². The van der Waals surface area contributed by atoms with Crippen molar-refractivity contribution in [1.82, 2.24) is 5.32 Å². The summed E-state index contributed by atoms with van der Waals surface area (Å²) < 4.78 is 27.8. The van der Waals surface area contributed by atoms with E-state index < -0.39 is 10.0 Å². The predicted octanol–water partition coefficient (Wildman–Crippen LogP) is 4.50. The number of benzene rings is 2.